The fourth-order valence-corrected chi connectivity index (χ4v) is 1.41. The first kappa shape index (κ1) is 16.9. The van der Waals surface area contributed by atoms with Crippen LogP contribution in [0.2, 0.25) is 0 Å². The maximum absolute atomic E-state index is 11.4. The molecule has 0 aromatic heterocycles. The highest BCUT2D eigenvalue weighted by Crippen LogP contribution is 2.06. The smallest absolute Gasteiger partial charge is 0.303 e. The number of aliphatic carboxylic acids is 1. The third kappa shape index (κ3) is 11.3. The van der Waals surface area contributed by atoms with Crippen molar-refractivity contribution in [1.29, 1.82) is 0 Å². The maximum Gasteiger partial charge on any atom is 0.303 e. The molecule has 1 unspecified atom stereocenters. The lowest BCUT2D eigenvalue weighted by atomic mass is 10.0. The van der Waals surface area contributed by atoms with Crippen LogP contribution in [0.5, 0.6) is 0 Å². The van der Waals surface area contributed by atoms with Crippen LogP contribution in [0.1, 0.15) is 26.2 Å². The Hall–Kier alpha value is -1.14. The highest BCUT2D eigenvalue weighted by molar-refractivity contribution is 5.77. The van der Waals surface area contributed by atoms with Crippen molar-refractivity contribution in [1.82, 2.24) is 5.32 Å². The van der Waals surface area contributed by atoms with E-state index in [0.29, 0.717) is 26.4 Å². The average molecular weight is 261 g/mol. The van der Waals surface area contributed by atoms with Crippen LogP contribution in [0.4, 0.5) is 0 Å². The Balaban J connectivity index is 3.39. The minimum Gasteiger partial charge on any atom is -0.481 e. The van der Waals surface area contributed by atoms with E-state index in [1.54, 1.807) is 14.0 Å². The quantitative estimate of drug-likeness (QED) is 0.534. The molecule has 2 N–H and O–H groups in total. The molecule has 6 nitrogen and oxygen atoms in total. The number of carbonyl (C=O) groups is 2. The van der Waals surface area contributed by atoms with Crippen LogP contribution < -0.4 is 5.32 Å². The summed E-state index contributed by atoms with van der Waals surface area (Å²) in [7, 11) is 1.61. The minimum absolute atomic E-state index is 0.0214. The second-order valence-corrected chi connectivity index (χ2v) is 4.22. The molecule has 0 aromatic carbocycles. The summed E-state index contributed by atoms with van der Waals surface area (Å²) in [5.74, 6) is -1.12. The van der Waals surface area contributed by atoms with Crippen molar-refractivity contribution in [3.63, 3.8) is 0 Å². The molecular weight excluding hydrogens is 238 g/mol. The third-order valence-corrected chi connectivity index (χ3v) is 2.28. The van der Waals surface area contributed by atoms with Crippen molar-refractivity contribution < 1.29 is 24.2 Å². The Morgan fingerprint density at radius 1 is 1.22 bits per heavy atom. The number of ether oxygens (including phenoxy) is 2. The van der Waals surface area contributed by atoms with Gasteiger partial charge in [0.05, 0.1) is 13.2 Å². The number of methoxy groups -OCH3 is 1. The molecule has 0 saturated heterocycles. The summed E-state index contributed by atoms with van der Waals surface area (Å²) < 4.78 is 10.1. The lowest BCUT2D eigenvalue weighted by Gasteiger charge is -2.09. The Morgan fingerprint density at radius 3 is 2.56 bits per heavy atom. The van der Waals surface area contributed by atoms with Crippen molar-refractivity contribution in [2.75, 3.05) is 33.5 Å². The molecule has 0 fully saturated rings. The first-order valence-corrected chi connectivity index (χ1v) is 6.11. The summed E-state index contributed by atoms with van der Waals surface area (Å²) in [6, 6.07) is 0. The summed E-state index contributed by atoms with van der Waals surface area (Å²) in [6.45, 7) is 4.00. The molecule has 0 aliphatic carbocycles. The topological polar surface area (TPSA) is 84.9 Å². The molecule has 0 spiro atoms. The van der Waals surface area contributed by atoms with Crippen molar-refractivity contribution >= 4 is 11.9 Å². The average Bonchev–Trinajstić information content (AvgIpc) is 2.26. The molecule has 0 radical (unpaired) electrons. The van der Waals surface area contributed by atoms with Crippen LogP contribution in [0.3, 0.4) is 0 Å². The van der Waals surface area contributed by atoms with Gasteiger partial charge in [0.15, 0.2) is 0 Å². The molecule has 106 valence electrons. The van der Waals surface area contributed by atoms with Gasteiger partial charge in [-0.25, -0.2) is 0 Å². The van der Waals surface area contributed by atoms with E-state index in [2.05, 4.69) is 5.32 Å². The number of carboxylic acid groups (broad SMARTS) is 1. The fraction of sp³-hybridized carbons (Fsp3) is 0.833. The van der Waals surface area contributed by atoms with E-state index in [-0.39, 0.29) is 24.7 Å². The van der Waals surface area contributed by atoms with Crippen LogP contribution in [0, 0.1) is 5.92 Å². The van der Waals surface area contributed by atoms with Gasteiger partial charge in [0.25, 0.3) is 0 Å². The molecule has 0 aliphatic rings. The van der Waals surface area contributed by atoms with Gasteiger partial charge in [-0.3, -0.25) is 9.59 Å². The molecular formula is C12H23NO5. The van der Waals surface area contributed by atoms with Gasteiger partial charge in [-0.15, -0.1) is 0 Å². The van der Waals surface area contributed by atoms with E-state index >= 15 is 0 Å². The normalized spacial score (nSPS) is 12.1. The molecule has 0 aromatic rings. The first-order valence-electron chi connectivity index (χ1n) is 6.11. The summed E-state index contributed by atoms with van der Waals surface area (Å²) in [5, 5.41) is 11.3. The number of hydrogen-bond donors (Lipinski definition) is 2. The van der Waals surface area contributed by atoms with E-state index in [1.807, 2.05) is 0 Å². The fourth-order valence-electron chi connectivity index (χ4n) is 1.41. The van der Waals surface area contributed by atoms with Gasteiger partial charge in [0, 0.05) is 33.1 Å². The molecule has 1 atom stereocenters. The number of rotatable bonds is 11. The number of nitrogens with one attached hydrogen (secondary N) is 1. The largest absolute Gasteiger partial charge is 0.481 e. The zero-order chi connectivity index (χ0) is 13.8. The Morgan fingerprint density at radius 2 is 1.94 bits per heavy atom. The second-order valence-electron chi connectivity index (χ2n) is 4.22. The van der Waals surface area contributed by atoms with E-state index in [9.17, 15) is 9.59 Å². The number of hydrogen-bond acceptors (Lipinski definition) is 4. The SMILES string of the molecule is COCCOCCCNC(=O)CC(C)CC(=O)O. The van der Waals surface area contributed by atoms with E-state index < -0.39 is 5.97 Å². The van der Waals surface area contributed by atoms with Gasteiger partial charge < -0.3 is 19.9 Å². The summed E-state index contributed by atoms with van der Waals surface area (Å²) in [5.41, 5.74) is 0. The van der Waals surface area contributed by atoms with Crippen LogP contribution in [-0.2, 0) is 19.1 Å². The van der Waals surface area contributed by atoms with Crippen LogP contribution in [0.25, 0.3) is 0 Å². The molecule has 0 saturated carbocycles. The monoisotopic (exact) mass is 261 g/mol. The standard InChI is InChI=1S/C12H23NO5/c1-10(9-12(15)16)8-11(14)13-4-3-5-18-7-6-17-2/h10H,3-9H2,1-2H3,(H,13,14)(H,15,16). The number of amides is 1. The van der Waals surface area contributed by atoms with E-state index in [1.165, 1.54) is 0 Å². The molecule has 18 heavy (non-hydrogen) atoms. The first-order chi connectivity index (χ1) is 8.56. The van der Waals surface area contributed by atoms with Gasteiger partial charge >= 0.3 is 5.97 Å². The molecule has 0 aliphatic heterocycles. The lowest BCUT2D eigenvalue weighted by molar-refractivity contribution is -0.138. The molecule has 6 heteroatoms. The van der Waals surface area contributed by atoms with Gasteiger partial charge in [-0.05, 0) is 12.3 Å². The molecule has 1 amide bonds. The van der Waals surface area contributed by atoms with E-state index in [0.717, 1.165) is 6.42 Å². The van der Waals surface area contributed by atoms with Crippen LogP contribution >= 0.6 is 0 Å². The summed E-state index contributed by atoms with van der Waals surface area (Å²) in [4.78, 5) is 21.8. The van der Waals surface area contributed by atoms with Crippen molar-refractivity contribution in [3.8, 4) is 0 Å². The Bertz CT molecular complexity index is 245. The van der Waals surface area contributed by atoms with Gasteiger partial charge in [-0.2, -0.15) is 0 Å². The van der Waals surface area contributed by atoms with Crippen molar-refractivity contribution in [2.45, 2.75) is 26.2 Å². The molecule has 0 rings (SSSR count). The minimum atomic E-state index is -0.873. The van der Waals surface area contributed by atoms with E-state index in [4.69, 9.17) is 14.6 Å². The van der Waals surface area contributed by atoms with Gasteiger partial charge in [0.2, 0.25) is 5.91 Å². The van der Waals surface area contributed by atoms with Crippen molar-refractivity contribution in [3.05, 3.63) is 0 Å². The van der Waals surface area contributed by atoms with Crippen LogP contribution in [-0.4, -0.2) is 50.5 Å². The Labute approximate surface area is 108 Å². The van der Waals surface area contributed by atoms with Gasteiger partial charge in [0.1, 0.15) is 0 Å². The predicted molar refractivity (Wildman–Crippen MR) is 66.4 cm³/mol. The summed E-state index contributed by atoms with van der Waals surface area (Å²) in [6.07, 6.45) is 1.01. The predicted octanol–water partition coefficient (Wildman–Crippen LogP) is 0.657. The number of carboxylic acids is 1. The highest BCUT2D eigenvalue weighted by Gasteiger charge is 2.11. The summed E-state index contributed by atoms with van der Waals surface area (Å²) >= 11 is 0. The maximum atomic E-state index is 11.4. The van der Waals surface area contributed by atoms with Gasteiger partial charge in [-0.1, -0.05) is 6.92 Å². The zero-order valence-corrected chi connectivity index (χ0v) is 11.1. The Kier molecular flexibility index (Phi) is 10.3. The highest BCUT2D eigenvalue weighted by atomic mass is 16.5. The molecule has 0 bridgehead atoms. The lowest BCUT2D eigenvalue weighted by Crippen LogP contribution is -2.27. The van der Waals surface area contributed by atoms with Crippen LogP contribution in [0.15, 0.2) is 0 Å². The molecule has 0 heterocycles. The van der Waals surface area contributed by atoms with Crippen molar-refractivity contribution in [2.24, 2.45) is 5.92 Å². The number of carbonyl (C=O) groups excluding carboxylic acids is 1. The zero-order valence-electron chi connectivity index (χ0n) is 11.1. The third-order valence-electron chi connectivity index (χ3n) is 2.28. The second kappa shape index (κ2) is 11.0.